The van der Waals surface area contributed by atoms with Gasteiger partial charge in [-0.1, -0.05) is 0 Å². The monoisotopic (exact) mass is 142 g/mol. The van der Waals surface area contributed by atoms with Crippen molar-refractivity contribution in [3.63, 3.8) is 0 Å². The minimum atomic E-state index is -0.436. The highest BCUT2D eigenvalue weighted by atomic mass is 16.5. The van der Waals surface area contributed by atoms with Gasteiger partial charge in [0.15, 0.2) is 0 Å². The summed E-state index contributed by atoms with van der Waals surface area (Å²) in [7, 11) is 0. The zero-order valence-electron chi connectivity index (χ0n) is 6.09. The number of carbonyl (C=O) groups excluding carboxylic acids is 2. The Bertz CT molecular complexity index is 158. The number of aldehydes is 1. The summed E-state index contributed by atoms with van der Waals surface area (Å²) >= 11 is 0. The van der Waals surface area contributed by atoms with E-state index in [1.807, 2.05) is 0 Å². The molecule has 0 aliphatic heterocycles. The number of hydrogen-bond donors (Lipinski definition) is 0. The summed E-state index contributed by atoms with van der Waals surface area (Å²) in [5.74, 6) is -0.436. The summed E-state index contributed by atoms with van der Waals surface area (Å²) in [6.07, 6.45) is 1.74. The van der Waals surface area contributed by atoms with Gasteiger partial charge in [0.1, 0.15) is 6.29 Å². The Kier molecular flexibility index (Phi) is 4.20. The Morgan fingerprint density at radius 2 is 2.20 bits per heavy atom. The van der Waals surface area contributed by atoms with Gasteiger partial charge in [-0.3, -0.25) is 4.79 Å². The highest BCUT2D eigenvalue weighted by Gasteiger charge is 2.01. The van der Waals surface area contributed by atoms with Crippen LogP contribution in [0.2, 0.25) is 0 Å². The first kappa shape index (κ1) is 8.88. The van der Waals surface area contributed by atoms with Crippen molar-refractivity contribution in [2.24, 2.45) is 0 Å². The van der Waals surface area contributed by atoms with Gasteiger partial charge in [-0.2, -0.15) is 0 Å². The van der Waals surface area contributed by atoms with Gasteiger partial charge in [0, 0.05) is 5.57 Å². The lowest BCUT2D eigenvalue weighted by molar-refractivity contribution is -0.138. The van der Waals surface area contributed by atoms with Gasteiger partial charge in [-0.15, -0.1) is 0 Å². The maximum atomic E-state index is 10.7. The molecule has 0 aliphatic rings. The molecule has 56 valence electrons. The van der Waals surface area contributed by atoms with Crippen LogP contribution in [-0.2, 0) is 14.3 Å². The average Bonchev–Trinajstić information content (AvgIpc) is 1.89. The van der Waals surface area contributed by atoms with E-state index in [0.717, 1.165) is 0 Å². The second-order valence-electron chi connectivity index (χ2n) is 1.71. The standard InChI is InChI=1S/C7H10O3/c1-3-10-7(9)6(2)4-5-8/h4-5H,3H2,1-2H3/b6-4-. The second kappa shape index (κ2) is 4.73. The minimum absolute atomic E-state index is 0.330. The highest BCUT2D eigenvalue weighted by Crippen LogP contribution is 1.93. The molecule has 0 atom stereocenters. The summed E-state index contributed by atoms with van der Waals surface area (Å²) in [5, 5.41) is 0. The van der Waals surface area contributed by atoms with Crippen LogP contribution >= 0.6 is 0 Å². The smallest absolute Gasteiger partial charge is 0.333 e. The molecular weight excluding hydrogens is 132 g/mol. The minimum Gasteiger partial charge on any atom is -0.463 e. The summed E-state index contributed by atoms with van der Waals surface area (Å²) in [6.45, 7) is 3.58. The number of allylic oxidation sites excluding steroid dienone is 1. The Morgan fingerprint density at radius 3 is 2.60 bits per heavy atom. The molecular formula is C7H10O3. The maximum absolute atomic E-state index is 10.7. The first-order chi connectivity index (χ1) is 4.72. The first-order valence-electron chi connectivity index (χ1n) is 3.01. The predicted octanol–water partition coefficient (Wildman–Crippen LogP) is 0.695. The molecule has 0 aromatic carbocycles. The third kappa shape index (κ3) is 3.02. The number of hydrogen-bond acceptors (Lipinski definition) is 3. The molecule has 0 bridgehead atoms. The fourth-order valence-corrected chi connectivity index (χ4v) is 0.415. The molecule has 0 N–H and O–H groups in total. The van der Waals surface area contributed by atoms with E-state index in [-0.39, 0.29) is 0 Å². The van der Waals surface area contributed by atoms with E-state index >= 15 is 0 Å². The topological polar surface area (TPSA) is 43.4 Å². The second-order valence-corrected chi connectivity index (χ2v) is 1.71. The third-order valence-corrected chi connectivity index (χ3v) is 0.915. The lowest BCUT2D eigenvalue weighted by Crippen LogP contribution is -2.04. The van der Waals surface area contributed by atoms with Gasteiger partial charge in [-0.25, -0.2) is 4.79 Å². The van der Waals surface area contributed by atoms with E-state index in [1.165, 1.54) is 13.0 Å². The molecule has 3 heteroatoms. The molecule has 0 rings (SSSR count). The van der Waals surface area contributed by atoms with Crippen LogP contribution in [-0.4, -0.2) is 18.9 Å². The van der Waals surface area contributed by atoms with Crippen LogP contribution in [0.15, 0.2) is 11.6 Å². The number of carbonyl (C=O) groups is 2. The van der Waals surface area contributed by atoms with Crippen LogP contribution in [0, 0.1) is 0 Å². The summed E-state index contributed by atoms with van der Waals surface area (Å²) in [5.41, 5.74) is 0.330. The molecule has 0 aromatic rings. The molecule has 0 spiro atoms. The number of rotatable bonds is 3. The molecule has 10 heavy (non-hydrogen) atoms. The summed E-state index contributed by atoms with van der Waals surface area (Å²) < 4.78 is 4.59. The van der Waals surface area contributed by atoms with Crippen LogP contribution in [0.3, 0.4) is 0 Å². The quantitative estimate of drug-likeness (QED) is 0.331. The van der Waals surface area contributed by atoms with E-state index in [9.17, 15) is 9.59 Å². The van der Waals surface area contributed by atoms with Gasteiger partial charge >= 0.3 is 5.97 Å². The van der Waals surface area contributed by atoms with Crippen molar-refractivity contribution in [3.8, 4) is 0 Å². The van der Waals surface area contributed by atoms with Crippen molar-refractivity contribution in [1.29, 1.82) is 0 Å². The van der Waals surface area contributed by atoms with E-state index in [0.29, 0.717) is 18.5 Å². The molecule has 0 unspecified atom stereocenters. The van der Waals surface area contributed by atoms with Gasteiger partial charge in [0.2, 0.25) is 0 Å². The Balaban J connectivity index is 3.93. The Morgan fingerprint density at radius 1 is 1.60 bits per heavy atom. The van der Waals surface area contributed by atoms with Crippen molar-refractivity contribution in [2.75, 3.05) is 6.61 Å². The van der Waals surface area contributed by atoms with Crippen LogP contribution < -0.4 is 0 Å². The summed E-state index contributed by atoms with van der Waals surface area (Å²) in [4.78, 5) is 20.5. The van der Waals surface area contributed by atoms with E-state index in [2.05, 4.69) is 4.74 Å². The van der Waals surface area contributed by atoms with Crippen molar-refractivity contribution in [3.05, 3.63) is 11.6 Å². The fraction of sp³-hybridized carbons (Fsp3) is 0.429. The third-order valence-electron chi connectivity index (χ3n) is 0.915. The zero-order valence-corrected chi connectivity index (χ0v) is 6.09. The zero-order chi connectivity index (χ0) is 7.98. The van der Waals surface area contributed by atoms with Gasteiger partial charge < -0.3 is 4.74 Å². The molecule has 0 amide bonds. The van der Waals surface area contributed by atoms with E-state index < -0.39 is 5.97 Å². The van der Waals surface area contributed by atoms with E-state index in [1.54, 1.807) is 6.92 Å². The Labute approximate surface area is 59.7 Å². The SMILES string of the molecule is CCOC(=O)/C(C)=C\C=O. The van der Waals surface area contributed by atoms with Gasteiger partial charge in [-0.05, 0) is 19.9 Å². The number of esters is 1. The van der Waals surface area contributed by atoms with Crippen molar-refractivity contribution in [1.82, 2.24) is 0 Å². The number of ether oxygens (including phenoxy) is 1. The molecule has 0 aromatic heterocycles. The molecule has 0 fully saturated rings. The molecule has 3 nitrogen and oxygen atoms in total. The average molecular weight is 142 g/mol. The van der Waals surface area contributed by atoms with Crippen LogP contribution in [0.1, 0.15) is 13.8 Å². The highest BCUT2D eigenvalue weighted by molar-refractivity contribution is 5.91. The van der Waals surface area contributed by atoms with Crippen LogP contribution in [0.5, 0.6) is 0 Å². The van der Waals surface area contributed by atoms with Crippen molar-refractivity contribution >= 4 is 12.3 Å². The van der Waals surface area contributed by atoms with Crippen LogP contribution in [0.25, 0.3) is 0 Å². The normalized spacial score (nSPS) is 10.8. The summed E-state index contributed by atoms with van der Waals surface area (Å²) in [6, 6.07) is 0. The lowest BCUT2D eigenvalue weighted by atomic mass is 10.3. The largest absolute Gasteiger partial charge is 0.463 e. The van der Waals surface area contributed by atoms with Gasteiger partial charge in [0.25, 0.3) is 0 Å². The molecule has 0 saturated carbocycles. The van der Waals surface area contributed by atoms with E-state index in [4.69, 9.17) is 0 Å². The molecule has 0 aliphatic carbocycles. The molecule has 0 radical (unpaired) electrons. The maximum Gasteiger partial charge on any atom is 0.333 e. The lowest BCUT2D eigenvalue weighted by Gasteiger charge is -1.98. The Hall–Kier alpha value is -1.12. The molecule has 0 saturated heterocycles. The van der Waals surface area contributed by atoms with Crippen LogP contribution in [0.4, 0.5) is 0 Å². The van der Waals surface area contributed by atoms with Crippen molar-refractivity contribution in [2.45, 2.75) is 13.8 Å². The molecule has 0 heterocycles. The van der Waals surface area contributed by atoms with Crippen molar-refractivity contribution < 1.29 is 14.3 Å². The van der Waals surface area contributed by atoms with Gasteiger partial charge in [0.05, 0.1) is 6.61 Å². The fourth-order valence-electron chi connectivity index (χ4n) is 0.415. The first-order valence-corrected chi connectivity index (χ1v) is 3.01. The predicted molar refractivity (Wildman–Crippen MR) is 36.5 cm³/mol.